The minimum Gasteiger partial charge on any atom is -0.338 e. The number of hydrogen-bond acceptors (Lipinski definition) is 3. The molecular weight excluding hydrogens is 219 g/mol. The van der Waals surface area contributed by atoms with E-state index in [1.807, 2.05) is 0 Å². The second-order valence-corrected chi connectivity index (χ2v) is 2.94. The molecule has 0 aromatic carbocycles. The molecule has 1 N–H and O–H groups in total. The monoisotopic (exact) mass is 225 g/mol. The first-order valence-electron chi connectivity index (χ1n) is 4.36. The van der Waals surface area contributed by atoms with Crippen molar-refractivity contribution >= 4 is 11.5 Å². The van der Waals surface area contributed by atoms with Crippen LogP contribution < -0.4 is 5.32 Å². The van der Waals surface area contributed by atoms with Gasteiger partial charge in [-0.1, -0.05) is 6.07 Å². The summed E-state index contributed by atoms with van der Waals surface area (Å²) in [7, 11) is 0. The third-order valence-electron chi connectivity index (χ3n) is 1.81. The number of rotatable bonds is 2. The Balaban J connectivity index is 2.35. The maximum Gasteiger partial charge on any atom is 0.253 e. The molecule has 0 atom stereocenters. The third kappa shape index (κ3) is 2.10. The number of halogens is 3. The molecule has 0 amide bonds. The molecule has 0 radical (unpaired) electrons. The zero-order chi connectivity index (χ0) is 11.5. The number of nitrogens with one attached hydrogen (secondary N) is 1. The molecule has 0 aliphatic carbocycles. The van der Waals surface area contributed by atoms with Gasteiger partial charge in [-0.25, -0.2) is 4.98 Å². The van der Waals surface area contributed by atoms with Crippen LogP contribution >= 0.6 is 0 Å². The minimum atomic E-state index is -1.49. The minimum absolute atomic E-state index is 0.284. The van der Waals surface area contributed by atoms with Gasteiger partial charge in [0.25, 0.3) is 5.95 Å². The number of hydrogen-bond donors (Lipinski definition) is 1. The Bertz CT molecular complexity index is 502. The van der Waals surface area contributed by atoms with Crippen molar-refractivity contribution in [3.8, 4) is 0 Å². The van der Waals surface area contributed by atoms with E-state index >= 15 is 0 Å². The first kappa shape index (κ1) is 10.4. The molecule has 0 unspecified atom stereocenters. The lowest BCUT2D eigenvalue weighted by Gasteiger charge is -2.06. The summed E-state index contributed by atoms with van der Waals surface area (Å²) in [6.07, 6.45) is 1.47. The topological polar surface area (TPSA) is 37.8 Å². The zero-order valence-corrected chi connectivity index (χ0v) is 7.92. The molecule has 0 spiro atoms. The van der Waals surface area contributed by atoms with E-state index in [0.717, 1.165) is 6.07 Å². The van der Waals surface area contributed by atoms with Crippen molar-refractivity contribution < 1.29 is 13.2 Å². The maximum absolute atomic E-state index is 13.2. The average molecular weight is 225 g/mol. The first-order valence-corrected chi connectivity index (χ1v) is 4.36. The fourth-order valence-corrected chi connectivity index (χ4v) is 1.13. The molecule has 0 fully saturated rings. The van der Waals surface area contributed by atoms with Crippen LogP contribution in [0.15, 0.2) is 30.5 Å². The Morgan fingerprint density at radius 1 is 1.12 bits per heavy atom. The Hall–Kier alpha value is -2.11. The summed E-state index contributed by atoms with van der Waals surface area (Å²) in [4.78, 5) is 6.54. The summed E-state index contributed by atoms with van der Waals surface area (Å²) in [5.74, 6) is -3.55. The quantitative estimate of drug-likeness (QED) is 0.798. The third-order valence-corrected chi connectivity index (χ3v) is 1.81. The Morgan fingerprint density at radius 3 is 2.62 bits per heavy atom. The van der Waals surface area contributed by atoms with Crippen LogP contribution in [-0.2, 0) is 0 Å². The van der Waals surface area contributed by atoms with E-state index in [0.29, 0.717) is 0 Å². The van der Waals surface area contributed by atoms with Gasteiger partial charge >= 0.3 is 0 Å². The Labute approximate surface area is 89.0 Å². The molecule has 2 rings (SSSR count). The standard InChI is InChI=1S/C10H6F3N3/c11-7-5-6(9(12)10(13)16-7)15-8-3-1-2-4-14-8/h1-5H,(H,14,15,16). The van der Waals surface area contributed by atoms with Crippen molar-refractivity contribution in [2.75, 3.05) is 5.32 Å². The molecule has 82 valence electrons. The van der Waals surface area contributed by atoms with Crippen LogP contribution in [0.3, 0.4) is 0 Å². The maximum atomic E-state index is 13.2. The lowest BCUT2D eigenvalue weighted by molar-refractivity contribution is 0.450. The first-order chi connectivity index (χ1) is 7.66. The van der Waals surface area contributed by atoms with Crippen LogP contribution in [0.4, 0.5) is 24.7 Å². The second-order valence-electron chi connectivity index (χ2n) is 2.94. The molecule has 3 nitrogen and oxygen atoms in total. The highest BCUT2D eigenvalue weighted by Gasteiger charge is 2.12. The Morgan fingerprint density at radius 2 is 1.94 bits per heavy atom. The summed E-state index contributed by atoms with van der Waals surface area (Å²) in [6, 6.07) is 5.61. The van der Waals surface area contributed by atoms with Crippen molar-refractivity contribution in [2.45, 2.75) is 0 Å². The van der Waals surface area contributed by atoms with Gasteiger partial charge < -0.3 is 5.32 Å². The molecule has 0 aliphatic rings. The predicted octanol–water partition coefficient (Wildman–Crippen LogP) is 2.64. The van der Waals surface area contributed by atoms with Crippen molar-refractivity contribution in [3.05, 3.63) is 48.2 Å². The average Bonchev–Trinajstić information content (AvgIpc) is 2.27. The second kappa shape index (κ2) is 4.18. The predicted molar refractivity (Wildman–Crippen MR) is 51.6 cm³/mol. The lowest BCUT2D eigenvalue weighted by Crippen LogP contribution is -2.01. The fourth-order valence-electron chi connectivity index (χ4n) is 1.13. The van der Waals surface area contributed by atoms with E-state index in [2.05, 4.69) is 15.3 Å². The number of pyridine rings is 2. The normalized spacial score (nSPS) is 10.2. The van der Waals surface area contributed by atoms with Crippen molar-refractivity contribution in [1.29, 1.82) is 0 Å². The van der Waals surface area contributed by atoms with E-state index in [4.69, 9.17) is 0 Å². The zero-order valence-electron chi connectivity index (χ0n) is 7.92. The van der Waals surface area contributed by atoms with Crippen LogP contribution in [0.1, 0.15) is 0 Å². The number of nitrogens with zero attached hydrogens (tertiary/aromatic N) is 2. The van der Waals surface area contributed by atoms with Gasteiger partial charge in [-0.15, -0.1) is 0 Å². The summed E-state index contributed by atoms with van der Waals surface area (Å²) >= 11 is 0. The van der Waals surface area contributed by atoms with Crippen LogP contribution in [-0.4, -0.2) is 9.97 Å². The Kier molecular flexibility index (Phi) is 2.72. The molecule has 0 saturated carbocycles. The smallest absolute Gasteiger partial charge is 0.253 e. The fraction of sp³-hybridized carbons (Fsp3) is 0. The van der Waals surface area contributed by atoms with Crippen LogP contribution in [0, 0.1) is 17.7 Å². The molecule has 6 heteroatoms. The molecule has 2 aromatic heterocycles. The van der Waals surface area contributed by atoms with Gasteiger partial charge in [0, 0.05) is 12.3 Å². The lowest BCUT2D eigenvalue weighted by atomic mass is 10.3. The molecule has 0 saturated heterocycles. The number of anilines is 2. The summed E-state index contributed by atoms with van der Waals surface area (Å²) < 4.78 is 38.7. The van der Waals surface area contributed by atoms with Gasteiger partial charge in [0.15, 0.2) is 0 Å². The van der Waals surface area contributed by atoms with Crippen LogP contribution in [0.25, 0.3) is 0 Å². The molecular formula is C10H6F3N3. The van der Waals surface area contributed by atoms with Crippen LogP contribution in [0.2, 0.25) is 0 Å². The van der Waals surface area contributed by atoms with E-state index in [1.165, 1.54) is 12.3 Å². The number of aromatic nitrogens is 2. The SMILES string of the molecule is Fc1cc(Nc2ccccn2)c(F)c(F)n1. The van der Waals surface area contributed by atoms with Crippen LogP contribution in [0.5, 0.6) is 0 Å². The van der Waals surface area contributed by atoms with Gasteiger partial charge in [0.05, 0.1) is 5.69 Å². The van der Waals surface area contributed by atoms with E-state index in [-0.39, 0.29) is 11.5 Å². The molecule has 2 heterocycles. The molecule has 2 aromatic rings. The van der Waals surface area contributed by atoms with Gasteiger partial charge in [-0.05, 0) is 12.1 Å². The van der Waals surface area contributed by atoms with Crippen molar-refractivity contribution in [3.63, 3.8) is 0 Å². The largest absolute Gasteiger partial charge is 0.338 e. The highest BCUT2D eigenvalue weighted by molar-refractivity contribution is 5.55. The highest BCUT2D eigenvalue weighted by Crippen LogP contribution is 2.20. The molecule has 0 bridgehead atoms. The van der Waals surface area contributed by atoms with E-state index < -0.39 is 17.7 Å². The molecule has 16 heavy (non-hydrogen) atoms. The van der Waals surface area contributed by atoms with E-state index in [1.54, 1.807) is 12.1 Å². The summed E-state index contributed by atoms with van der Waals surface area (Å²) in [6.45, 7) is 0. The van der Waals surface area contributed by atoms with Gasteiger partial charge in [0.2, 0.25) is 11.8 Å². The van der Waals surface area contributed by atoms with Gasteiger partial charge in [0.1, 0.15) is 5.82 Å². The highest BCUT2D eigenvalue weighted by atomic mass is 19.2. The van der Waals surface area contributed by atoms with Gasteiger partial charge in [-0.2, -0.15) is 18.2 Å². The van der Waals surface area contributed by atoms with Crippen molar-refractivity contribution in [2.24, 2.45) is 0 Å². The summed E-state index contributed by atoms with van der Waals surface area (Å²) in [5.41, 5.74) is -0.344. The van der Waals surface area contributed by atoms with E-state index in [9.17, 15) is 13.2 Å². The van der Waals surface area contributed by atoms with Gasteiger partial charge in [-0.3, -0.25) is 0 Å². The molecule has 0 aliphatic heterocycles. The summed E-state index contributed by atoms with van der Waals surface area (Å²) in [5, 5.41) is 2.45. The van der Waals surface area contributed by atoms with Crippen molar-refractivity contribution in [1.82, 2.24) is 9.97 Å².